The second-order valence-corrected chi connectivity index (χ2v) is 5.43. The van der Waals surface area contributed by atoms with E-state index in [-0.39, 0.29) is 17.7 Å². The van der Waals surface area contributed by atoms with Crippen molar-refractivity contribution in [1.29, 1.82) is 0 Å². The molecule has 1 aromatic heterocycles. The highest BCUT2D eigenvalue weighted by atomic mass is 16.2. The Morgan fingerprint density at radius 1 is 1.19 bits per heavy atom. The van der Waals surface area contributed by atoms with Crippen molar-refractivity contribution in [3.63, 3.8) is 0 Å². The Morgan fingerprint density at radius 2 is 1.90 bits per heavy atom. The molecule has 0 fully saturated rings. The first-order valence-corrected chi connectivity index (χ1v) is 6.93. The van der Waals surface area contributed by atoms with Gasteiger partial charge in [-0.25, -0.2) is 0 Å². The average Bonchev–Trinajstić information content (AvgIpc) is 2.43. The van der Waals surface area contributed by atoms with Crippen molar-refractivity contribution in [2.45, 2.75) is 27.2 Å². The van der Waals surface area contributed by atoms with E-state index < -0.39 is 0 Å². The van der Waals surface area contributed by atoms with Gasteiger partial charge in [-0.05, 0) is 25.0 Å². The highest BCUT2D eigenvalue weighted by molar-refractivity contribution is 6.06. The van der Waals surface area contributed by atoms with Gasteiger partial charge in [-0.1, -0.05) is 32.0 Å². The van der Waals surface area contributed by atoms with Gasteiger partial charge in [0.25, 0.3) is 5.91 Å². The molecule has 110 valence electrons. The monoisotopic (exact) mass is 285 g/mol. The number of para-hydroxylation sites is 1. The van der Waals surface area contributed by atoms with Crippen LogP contribution in [0.3, 0.4) is 0 Å². The standard InChI is InChI=1S/C16H19N3O2/c1-10(2)8-15(20)18-19-16(21)13-9-11(3)17-14-7-5-4-6-12(13)14/h4-7,9-10H,8H2,1-3H3,(H,18,20)(H,19,21). The van der Waals surface area contributed by atoms with E-state index in [1.54, 1.807) is 6.07 Å². The van der Waals surface area contributed by atoms with Gasteiger partial charge >= 0.3 is 0 Å². The molecule has 0 spiro atoms. The lowest BCUT2D eigenvalue weighted by molar-refractivity contribution is -0.122. The quantitative estimate of drug-likeness (QED) is 0.850. The number of fused-ring (bicyclic) bond motifs is 1. The number of aryl methyl sites for hydroxylation is 1. The van der Waals surface area contributed by atoms with Crippen LogP contribution < -0.4 is 10.9 Å². The molecule has 2 rings (SSSR count). The number of pyridine rings is 1. The van der Waals surface area contributed by atoms with Crippen LogP contribution in [0.25, 0.3) is 10.9 Å². The Bertz CT molecular complexity index is 680. The highest BCUT2D eigenvalue weighted by Crippen LogP contribution is 2.17. The minimum atomic E-state index is -0.339. The van der Waals surface area contributed by atoms with Crippen molar-refractivity contribution >= 4 is 22.7 Å². The van der Waals surface area contributed by atoms with Gasteiger partial charge in [-0.3, -0.25) is 25.4 Å². The molecule has 5 nitrogen and oxygen atoms in total. The summed E-state index contributed by atoms with van der Waals surface area (Å²) < 4.78 is 0. The number of benzene rings is 1. The minimum Gasteiger partial charge on any atom is -0.273 e. The average molecular weight is 285 g/mol. The molecule has 0 aliphatic heterocycles. The molecule has 2 aromatic rings. The minimum absolute atomic E-state index is 0.201. The lowest BCUT2D eigenvalue weighted by Crippen LogP contribution is -2.42. The number of nitrogens with one attached hydrogen (secondary N) is 2. The van der Waals surface area contributed by atoms with Gasteiger partial charge in [0, 0.05) is 17.5 Å². The molecular weight excluding hydrogens is 266 g/mol. The summed E-state index contributed by atoms with van der Waals surface area (Å²) in [5.74, 6) is -0.298. The maximum absolute atomic E-state index is 12.2. The number of amides is 2. The molecule has 2 amide bonds. The normalized spacial score (nSPS) is 10.7. The summed E-state index contributed by atoms with van der Waals surface area (Å²) in [5.41, 5.74) is 6.91. The van der Waals surface area contributed by atoms with Crippen molar-refractivity contribution in [3.05, 3.63) is 41.6 Å². The summed E-state index contributed by atoms with van der Waals surface area (Å²) in [4.78, 5) is 28.2. The number of nitrogens with zero attached hydrogens (tertiary/aromatic N) is 1. The van der Waals surface area contributed by atoms with Crippen LogP contribution in [0.1, 0.15) is 36.3 Å². The zero-order valence-electron chi connectivity index (χ0n) is 12.4. The smallest absolute Gasteiger partial charge is 0.270 e. The molecule has 0 aliphatic carbocycles. The van der Waals surface area contributed by atoms with E-state index in [4.69, 9.17) is 0 Å². The van der Waals surface area contributed by atoms with Gasteiger partial charge in [0.15, 0.2) is 0 Å². The molecule has 0 radical (unpaired) electrons. The molecule has 1 heterocycles. The predicted molar refractivity (Wildman–Crippen MR) is 81.5 cm³/mol. The Hall–Kier alpha value is -2.43. The van der Waals surface area contributed by atoms with E-state index in [2.05, 4.69) is 15.8 Å². The fourth-order valence-electron chi connectivity index (χ4n) is 2.11. The number of rotatable bonds is 3. The molecule has 5 heteroatoms. The second kappa shape index (κ2) is 6.35. The Kier molecular flexibility index (Phi) is 4.52. The van der Waals surface area contributed by atoms with Gasteiger partial charge in [-0.2, -0.15) is 0 Å². The van der Waals surface area contributed by atoms with Crippen LogP contribution in [-0.2, 0) is 4.79 Å². The molecular formula is C16H19N3O2. The number of hydrogen-bond donors (Lipinski definition) is 2. The molecule has 0 bridgehead atoms. The molecule has 0 saturated heterocycles. The summed E-state index contributed by atoms with van der Waals surface area (Å²) >= 11 is 0. The van der Waals surface area contributed by atoms with Crippen molar-refractivity contribution in [2.75, 3.05) is 0 Å². The van der Waals surface area contributed by atoms with E-state index in [1.165, 1.54) is 0 Å². The third kappa shape index (κ3) is 3.78. The fraction of sp³-hybridized carbons (Fsp3) is 0.312. The maximum Gasteiger partial charge on any atom is 0.270 e. The molecule has 0 saturated carbocycles. The van der Waals surface area contributed by atoms with Gasteiger partial charge in [0.2, 0.25) is 5.91 Å². The summed E-state index contributed by atoms with van der Waals surface area (Å²) in [7, 11) is 0. The number of carbonyl (C=O) groups excluding carboxylic acids is 2. The van der Waals surface area contributed by atoms with E-state index in [9.17, 15) is 9.59 Å². The van der Waals surface area contributed by atoms with Crippen molar-refractivity contribution in [1.82, 2.24) is 15.8 Å². The fourth-order valence-corrected chi connectivity index (χ4v) is 2.11. The summed E-state index contributed by atoms with van der Waals surface area (Å²) in [6, 6.07) is 9.14. The third-order valence-corrected chi connectivity index (χ3v) is 3.00. The molecule has 0 atom stereocenters. The van der Waals surface area contributed by atoms with Crippen LogP contribution in [0.2, 0.25) is 0 Å². The lowest BCUT2D eigenvalue weighted by Gasteiger charge is -2.11. The summed E-state index contributed by atoms with van der Waals surface area (Å²) in [6.45, 7) is 5.73. The van der Waals surface area contributed by atoms with Crippen molar-refractivity contribution in [2.24, 2.45) is 5.92 Å². The highest BCUT2D eigenvalue weighted by Gasteiger charge is 2.13. The number of hydrogen-bond acceptors (Lipinski definition) is 3. The van der Waals surface area contributed by atoms with Crippen LogP contribution in [0.5, 0.6) is 0 Å². The van der Waals surface area contributed by atoms with E-state index in [1.807, 2.05) is 45.0 Å². The first kappa shape index (κ1) is 15.0. The van der Waals surface area contributed by atoms with Gasteiger partial charge in [0.1, 0.15) is 0 Å². The van der Waals surface area contributed by atoms with E-state index in [0.717, 1.165) is 16.6 Å². The predicted octanol–water partition coefficient (Wildman–Crippen LogP) is 2.35. The number of carbonyl (C=O) groups is 2. The third-order valence-electron chi connectivity index (χ3n) is 3.00. The Morgan fingerprint density at radius 3 is 2.62 bits per heavy atom. The van der Waals surface area contributed by atoms with Crippen molar-refractivity contribution < 1.29 is 9.59 Å². The first-order chi connectivity index (χ1) is 9.97. The number of aromatic nitrogens is 1. The van der Waals surface area contributed by atoms with Crippen molar-refractivity contribution in [3.8, 4) is 0 Å². The topological polar surface area (TPSA) is 71.1 Å². The van der Waals surface area contributed by atoms with Crippen LogP contribution in [0.4, 0.5) is 0 Å². The molecule has 1 aromatic carbocycles. The first-order valence-electron chi connectivity index (χ1n) is 6.93. The van der Waals surface area contributed by atoms with E-state index in [0.29, 0.717) is 12.0 Å². The van der Waals surface area contributed by atoms with Gasteiger partial charge < -0.3 is 0 Å². The SMILES string of the molecule is Cc1cc(C(=O)NNC(=O)CC(C)C)c2ccccc2n1. The van der Waals surface area contributed by atoms with Crippen LogP contribution >= 0.6 is 0 Å². The Balaban J connectivity index is 2.18. The van der Waals surface area contributed by atoms with Gasteiger partial charge in [-0.15, -0.1) is 0 Å². The zero-order valence-corrected chi connectivity index (χ0v) is 12.4. The summed E-state index contributed by atoms with van der Waals surface area (Å²) in [6.07, 6.45) is 0.371. The van der Waals surface area contributed by atoms with Crippen LogP contribution in [-0.4, -0.2) is 16.8 Å². The van der Waals surface area contributed by atoms with Crippen LogP contribution in [0, 0.1) is 12.8 Å². The zero-order chi connectivity index (χ0) is 15.4. The maximum atomic E-state index is 12.2. The Labute approximate surface area is 123 Å². The largest absolute Gasteiger partial charge is 0.273 e. The summed E-state index contributed by atoms with van der Waals surface area (Å²) in [5, 5.41) is 0.763. The molecule has 0 aliphatic rings. The second-order valence-electron chi connectivity index (χ2n) is 5.43. The number of hydrazine groups is 1. The van der Waals surface area contributed by atoms with Crippen LogP contribution in [0.15, 0.2) is 30.3 Å². The van der Waals surface area contributed by atoms with E-state index >= 15 is 0 Å². The lowest BCUT2D eigenvalue weighted by atomic mass is 10.1. The molecule has 0 unspecified atom stereocenters. The van der Waals surface area contributed by atoms with Gasteiger partial charge in [0.05, 0.1) is 11.1 Å². The molecule has 2 N–H and O–H groups in total. The molecule has 21 heavy (non-hydrogen) atoms.